The molecule has 0 aliphatic rings. The minimum absolute atomic E-state index is 0. The molecule has 0 saturated heterocycles. The lowest BCUT2D eigenvalue weighted by Crippen LogP contribution is -3.00. The predicted molar refractivity (Wildman–Crippen MR) is 135 cm³/mol. The van der Waals surface area contributed by atoms with Crippen molar-refractivity contribution in [1.82, 2.24) is 0 Å². The number of rotatable bonds is 27. The van der Waals surface area contributed by atoms with Crippen molar-refractivity contribution in [2.24, 2.45) is 0 Å². The van der Waals surface area contributed by atoms with E-state index in [1.54, 1.807) is 0 Å². The second kappa shape index (κ2) is 31.8. The number of hydrogen-bond donors (Lipinski definition) is 3. The van der Waals surface area contributed by atoms with Gasteiger partial charge < -0.3 is 37.4 Å². The third kappa shape index (κ3) is 29.8. The Balaban J connectivity index is 0. The SMILES string of the molecule is CCCCCCCCC=CCCCCCCCC[NH2+]C(CCOCCO)CCOCCO.[Cl-]. The van der Waals surface area contributed by atoms with Gasteiger partial charge in [-0.05, 0) is 38.5 Å². The summed E-state index contributed by atoms with van der Waals surface area (Å²) in [4.78, 5) is 0. The number of aliphatic hydroxyl groups is 2. The first-order chi connectivity index (χ1) is 15.8. The molecule has 4 N–H and O–H groups in total. The molecular formula is C27H56ClNO4. The monoisotopic (exact) mass is 493 g/mol. The molecule has 6 heteroatoms. The second-order valence-electron chi connectivity index (χ2n) is 8.97. The Morgan fingerprint density at radius 3 is 1.58 bits per heavy atom. The van der Waals surface area contributed by atoms with Crippen LogP contribution >= 0.6 is 0 Å². The van der Waals surface area contributed by atoms with Gasteiger partial charge in [0.2, 0.25) is 0 Å². The highest BCUT2D eigenvalue weighted by Gasteiger charge is 2.11. The van der Waals surface area contributed by atoms with Crippen molar-refractivity contribution in [3.63, 3.8) is 0 Å². The first-order valence-corrected chi connectivity index (χ1v) is 13.7. The fourth-order valence-electron chi connectivity index (χ4n) is 3.93. The quantitative estimate of drug-likeness (QED) is 0.120. The average molecular weight is 494 g/mol. The van der Waals surface area contributed by atoms with Crippen LogP contribution < -0.4 is 17.7 Å². The van der Waals surface area contributed by atoms with E-state index in [1.165, 1.54) is 89.9 Å². The summed E-state index contributed by atoms with van der Waals surface area (Å²) in [6.45, 7) is 5.83. The Bertz CT molecular complexity index is 360. The second-order valence-corrected chi connectivity index (χ2v) is 8.97. The summed E-state index contributed by atoms with van der Waals surface area (Å²) in [5, 5.41) is 20.1. The van der Waals surface area contributed by atoms with Gasteiger partial charge in [-0.3, -0.25) is 0 Å². The average Bonchev–Trinajstić information content (AvgIpc) is 2.81. The van der Waals surface area contributed by atoms with E-state index in [4.69, 9.17) is 19.7 Å². The van der Waals surface area contributed by atoms with Crippen molar-refractivity contribution in [2.75, 3.05) is 46.2 Å². The van der Waals surface area contributed by atoms with Crippen molar-refractivity contribution in [1.29, 1.82) is 0 Å². The third-order valence-electron chi connectivity index (χ3n) is 5.95. The molecule has 0 aromatic heterocycles. The highest BCUT2D eigenvalue weighted by Crippen LogP contribution is 2.09. The van der Waals surface area contributed by atoms with Gasteiger partial charge in [0, 0.05) is 12.8 Å². The zero-order valence-corrected chi connectivity index (χ0v) is 22.4. The van der Waals surface area contributed by atoms with Gasteiger partial charge in [0.25, 0.3) is 0 Å². The Labute approximate surface area is 211 Å². The van der Waals surface area contributed by atoms with E-state index in [1.807, 2.05) is 0 Å². The summed E-state index contributed by atoms with van der Waals surface area (Å²) in [5.74, 6) is 0. The van der Waals surface area contributed by atoms with Gasteiger partial charge in [0.05, 0.1) is 52.2 Å². The van der Waals surface area contributed by atoms with E-state index in [0.29, 0.717) is 32.5 Å². The fourth-order valence-corrected chi connectivity index (χ4v) is 3.93. The van der Waals surface area contributed by atoms with Crippen molar-refractivity contribution < 1.29 is 37.4 Å². The van der Waals surface area contributed by atoms with Crippen molar-refractivity contribution in [2.45, 2.75) is 116 Å². The molecule has 0 aliphatic carbocycles. The maximum absolute atomic E-state index is 8.82. The molecule has 0 amide bonds. The van der Waals surface area contributed by atoms with E-state index in [0.717, 1.165) is 19.4 Å². The van der Waals surface area contributed by atoms with Gasteiger partial charge in [0.1, 0.15) is 0 Å². The standard InChI is InChI=1S/C27H55NO4.ClH/c1-2-3-4-5-6-7-8-9-10-11-12-13-14-15-16-17-20-28-27(18-23-31-25-21-29)19-24-32-26-22-30;/h9-10,27-30H,2-8,11-26H2,1H3;1H. The van der Waals surface area contributed by atoms with Crippen LogP contribution in [0, 0.1) is 0 Å². The van der Waals surface area contributed by atoms with Crippen LogP contribution in [0.3, 0.4) is 0 Å². The molecule has 33 heavy (non-hydrogen) atoms. The van der Waals surface area contributed by atoms with Gasteiger partial charge in [-0.1, -0.05) is 70.4 Å². The smallest absolute Gasteiger partial charge is 0.0903 e. The van der Waals surface area contributed by atoms with Gasteiger partial charge >= 0.3 is 0 Å². The van der Waals surface area contributed by atoms with Crippen LogP contribution in [0.5, 0.6) is 0 Å². The molecule has 0 radical (unpaired) electrons. The van der Waals surface area contributed by atoms with Crippen LogP contribution in [-0.4, -0.2) is 62.4 Å². The topological polar surface area (TPSA) is 75.5 Å². The van der Waals surface area contributed by atoms with Crippen LogP contribution in [-0.2, 0) is 9.47 Å². The Hall–Kier alpha value is -0.170. The zero-order valence-electron chi connectivity index (χ0n) is 21.7. The molecule has 0 aliphatic heterocycles. The first kappa shape index (κ1) is 35.0. The van der Waals surface area contributed by atoms with Crippen molar-refractivity contribution in [3.8, 4) is 0 Å². The number of nitrogens with two attached hydrogens (primary N) is 1. The summed E-state index contributed by atoms with van der Waals surface area (Å²) >= 11 is 0. The Morgan fingerprint density at radius 2 is 1.09 bits per heavy atom. The molecular weight excluding hydrogens is 438 g/mol. The number of unbranched alkanes of at least 4 members (excludes halogenated alkanes) is 12. The molecule has 0 heterocycles. The predicted octanol–water partition coefficient (Wildman–Crippen LogP) is 1.76. The summed E-state index contributed by atoms with van der Waals surface area (Å²) in [7, 11) is 0. The lowest BCUT2D eigenvalue weighted by atomic mass is 10.1. The van der Waals surface area contributed by atoms with Crippen molar-refractivity contribution >= 4 is 0 Å². The van der Waals surface area contributed by atoms with Crippen LogP contribution in [0.4, 0.5) is 0 Å². The lowest BCUT2D eigenvalue weighted by Gasteiger charge is -2.16. The van der Waals surface area contributed by atoms with E-state index < -0.39 is 0 Å². The minimum Gasteiger partial charge on any atom is -1.00 e. The fraction of sp³-hybridized carbons (Fsp3) is 0.926. The number of aliphatic hydroxyl groups excluding tert-OH is 2. The molecule has 0 bridgehead atoms. The molecule has 0 aromatic carbocycles. The van der Waals surface area contributed by atoms with Gasteiger partial charge in [0.15, 0.2) is 0 Å². The molecule has 0 unspecified atom stereocenters. The molecule has 0 saturated carbocycles. The number of hydrogen-bond acceptors (Lipinski definition) is 4. The summed E-state index contributed by atoms with van der Waals surface area (Å²) < 4.78 is 10.8. The number of ether oxygens (including phenoxy) is 2. The van der Waals surface area contributed by atoms with Gasteiger partial charge in [-0.2, -0.15) is 0 Å². The van der Waals surface area contributed by atoms with Crippen LogP contribution in [0.1, 0.15) is 110 Å². The van der Waals surface area contributed by atoms with E-state index in [-0.39, 0.29) is 25.6 Å². The summed E-state index contributed by atoms with van der Waals surface area (Å²) in [5.41, 5.74) is 0. The molecule has 0 aromatic rings. The summed E-state index contributed by atoms with van der Waals surface area (Å²) in [6.07, 6.45) is 25.6. The number of allylic oxidation sites excluding steroid dienone is 2. The largest absolute Gasteiger partial charge is 1.00 e. The number of quaternary nitrogens is 1. The molecule has 200 valence electrons. The Kier molecular flexibility index (Phi) is 33.8. The number of halogens is 1. The zero-order chi connectivity index (χ0) is 23.4. The van der Waals surface area contributed by atoms with Gasteiger partial charge in [-0.25, -0.2) is 0 Å². The van der Waals surface area contributed by atoms with E-state index in [2.05, 4.69) is 24.4 Å². The van der Waals surface area contributed by atoms with Crippen LogP contribution in [0.25, 0.3) is 0 Å². The first-order valence-electron chi connectivity index (χ1n) is 13.7. The van der Waals surface area contributed by atoms with E-state index in [9.17, 15) is 0 Å². The third-order valence-corrected chi connectivity index (χ3v) is 5.95. The molecule has 0 rings (SSSR count). The van der Waals surface area contributed by atoms with Gasteiger partial charge in [-0.15, -0.1) is 0 Å². The maximum Gasteiger partial charge on any atom is 0.0903 e. The lowest BCUT2D eigenvalue weighted by molar-refractivity contribution is -0.691. The molecule has 0 atom stereocenters. The van der Waals surface area contributed by atoms with E-state index >= 15 is 0 Å². The molecule has 0 fully saturated rings. The van der Waals surface area contributed by atoms with Crippen molar-refractivity contribution in [3.05, 3.63) is 12.2 Å². The highest BCUT2D eigenvalue weighted by atomic mass is 35.5. The minimum atomic E-state index is 0. The molecule has 0 spiro atoms. The highest BCUT2D eigenvalue weighted by molar-refractivity contribution is 4.81. The molecule has 5 nitrogen and oxygen atoms in total. The Morgan fingerprint density at radius 1 is 0.636 bits per heavy atom. The summed E-state index contributed by atoms with van der Waals surface area (Å²) in [6, 6.07) is 0.496. The maximum atomic E-state index is 8.82. The normalized spacial score (nSPS) is 11.5. The van der Waals surface area contributed by atoms with Crippen LogP contribution in [0.15, 0.2) is 12.2 Å². The van der Waals surface area contributed by atoms with Crippen LogP contribution in [0.2, 0.25) is 0 Å².